The molecule has 0 aromatic heterocycles. The normalized spacial score (nSPS) is 22.3. The van der Waals surface area contributed by atoms with Crippen molar-refractivity contribution in [2.45, 2.75) is 25.7 Å². The number of nitrogens with zero attached hydrogens (tertiary/aromatic N) is 3. The van der Waals surface area contributed by atoms with Gasteiger partial charge in [0.2, 0.25) is 0 Å². The fourth-order valence-corrected chi connectivity index (χ4v) is 3.90. The SMILES string of the molecule is [O-][N+]1(CCCN2CCN(c3ccc(Cl)cc3)CC2)CCCCC1. The molecule has 1 aromatic rings. The van der Waals surface area contributed by atoms with Gasteiger partial charge in [-0.25, -0.2) is 0 Å². The molecule has 4 nitrogen and oxygen atoms in total. The zero-order chi connectivity index (χ0) is 16.1. The highest BCUT2D eigenvalue weighted by Crippen LogP contribution is 2.20. The largest absolute Gasteiger partial charge is 0.633 e. The zero-order valence-electron chi connectivity index (χ0n) is 13.9. The van der Waals surface area contributed by atoms with Crippen LogP contribution in [0.2, 0.25) is 5.02 Å². The van der Waals surface area contributed by atoms with Gasteiger partial charge < -0.3 is 14.8 Å². The first-order chi connectivity index (χ1) is 11.1. The molecule has 2 aliphatic heterocycles. The Morgan fingerprint density at radius 1 is 0.957 bits per heavy atom. The van der Waals surface area contributed by atoms with E-state index in [-0.39, 0.29) is 4.65 Å². The van der Waals surface area contributed by atoms with E-state index in [9.17, 15) is 5.21 Å². The molecule has 128 valence electrons. The van der Waals surface area contributed by atoms with E-state index in [0.717, 1.165) is 76.6 Å². The number of hydroxylamine groups is 3. The van der Waals surface area contributed by atoms with Gasteiger partial charge >= 0.3 is 0 Å². The summed E-state index contributed by atoms with van der Waals surface area (Å²) < 4.78 is 0.0603. The summed E-state index contributed by atoms with van der Waals surface area (Å²) in [6.45, 7) is 7.82. The Kier molecular flexibility index (Phi) is 5.81. The number of hydrogen-bond donors (Lipinski definition) is 0. The monoisotopic (exact) mass is 337 g/mol. The number of halogens is 1. The van der Waals surface area contributed by atoms with E-state index in [1.54, 1.807) is 0 Å². The standard InChI is InChI=1S/C18H28ClN3O/c19-17-5-7-18(8-6-17)21-12-10-20(11-13-21)9-4-16-22(23)14-2-1-3-15-22/h5-8H,1-4,9-16H2. The van der Waals surface area contributed by atoms with Crippen LogP contribution in [0.4, 0.5) is 5.69 Å². The Hall–Kier alpha value is -0.810. The molecular weight excluding hydrogens is 310 g/mol. The lowest BCUT2D eigenvalue weighted by Crippen LogP contribution is -2.49. The summed E-state index contributed by atoms with van der Waals surface area (Å²) >= 11 is 5.95. The van der Waals surface area contributed by atoms with Crippen LogP contribution in [0.1, 0.15) is 25.7 Å². The van der Waals surface area contributed by atoms with E-state index < -0.39 is 0 Å². The van der Waals surface area contributed by atoms with Gasteiger partial charge in [0.25, 0.3) is 0 Å². The van der Waals surface area contributed by atoms with Crippen molar-refractivity contribution in [1.29, 1.82) is 0 Å². The van der Waals surface area contributed by atoms with Crippen molar-refractivity contribution in [2.75, 3.05) is 57.3 Å². The number of piperazine rings is 1. The Balaban J connectivity index is 1.38. The fourth-order valence-electron chi connectivity index (χ4n) is 3.78. The van der Waals surface area contributed by atoms with Crippen LogP contribution in [0.5, 0.6) is 0 Å². The van der Waals surface area contributed by atoms with Gasteiger partial charge in [0.05, 0.1) is 19.6 Å². The number of rotatable bonds is 5. The Morgan fingerprint density at radius 3 is 2.26 bits per heavy atom. The maximum atomic E-state index is 12.5. The smallest absolute Gasteiger partial charge is 0.0796 e. The Bertz CT molecular complexity index is 480. The number of anilines is 1. The highest BCUT2D eigenvalue weighted by Gasteiger charge is 2.22. The van der Waals surface area contributed by atoms with Crippen molar-refractivity contribution in [3.8, 4) is 0 Å². The second-order valence-corrected chi connectivity index (χ2v) is 7.38. The van der Waals surface area contributed by atoms with E-state index >= 15 is 0 Å². The Morgan fingerprint density at radius 2 is 1.61 bits per heavy atom. The van der Waals surface area contributed by atoms with Crippen LogP contribution in [0.25, 0.3) is 0 Å². The average Bonchev–Trinajstić information content (AvgIpc) is 2.57. The molecule has 1 aromatic carbocycles. The van der Waals surface area contributed by atoms with Crippen LogP contribution in [-0.2, 0) is 0 Å². The number of quaternary nitrogens is 1. The highest BCUT2D eigenvalue weighted by molar-refractivity contribution is 6.30. The topological polar surface area (TPSA) is 29.5 Å². The van der Waals surface area contributed by atoms with E-state index in [1.807, 2.05) is 12.1 Å². The molecule has 2 saturated heterocycles. The number of hydrogen-bond acceptors (Lipinski definition) is 3. The van der Waals surface area contributed by atoms with E-state index in [4.69, 9.17) is 11.6 Å². The van der Waals surface area contributed by atoms with Gasteiger partial charge in [-0.05, 0) is 43.5 Å². The van der Waals surface area contributed by atoms with Crippen LogP contribution in [0.15, 0.2) is 24.3 Å². The minimum absolute atomic E-state index is 0.0603. The van der Waals surface area contributed by atoms with Crippen LogP contribution in [-0.4, -0.2) is 61.9 Å². The first-order valence-corrected chi connectivity index (χ1v) is 9.32. The molecule has 0 atom stereocenters. The molecule has 23 heavy (non-hydrogen) atoms. The molecular formula is C18H28ClN3O. The maximum absolute atomic E-state index is 12.5. The van der Waals surface area contributed by atoms with Crippen molar-refractivity contribution in [3.63, 3.8) is 0 Å². The second-order valence-electron chi connectivity index (χ2n) is 6.95. The number of piperidine rings is 1. The zero-order valence-corrected chi connectivity index (χ0v) is 14.7. The summed E-state index contributed by atoms with van der Waals surface area (Å²) in [5.74, 6) is 0. The molecule has 0 unspecified atom stereocenters. The quantitative estimate of drug-likeness (QED) is 0.609. The van der Waals surface area contributed by atoms with Crippen molar-refractivity contribution >= 4 is 17.3 Å². The van der Waals surface area contributed by atoms with Crippen molar-refractivity contribution in [3.05, 3.63) is 34.5 Å². The minimum Gasteiger partial charge on any atom is -0.633 e. The van der Waals surface area contributed by atoms with Crippen molar-refractivity contribution in [1.82, 2.24) is 4.90 Å². The van der Waals surface area contributed by atoms with Crippen LogP contribution >= 0.6 is 11.6 Å². The van der Waals surface area contributed by atoms with E-state index in [0.29, 0.717) is 0 Å². The molecule has 0 spiro atoms. The van der Waals surface area contributed by atoms with Crippen LogP contribution in [0, 0.1) is 5.21 Å². The lowest BCUT2D eigenvalue weighted by molar-refractivity contribution is -0.885. The van der Waals surface area contributed by atoms with E-state index in [2.05, 4.69) is 21.9 Å². The third kappa shape index (κ3) is 4.83. The molecule has 2 aliphatic rings. The highest BCUT2D eigenvalue weighted by atomic mass is 35.5. The van der Waals surface area contributed by atoms with Crippen LogP contribution < -0.4 is 4.90 Å². The predicted molar refractivity (Wildman–Crippen MR) is 96.8 cm³/mol. The molecule has 0 N–H and O–H groups in total. The van der Waals surface area contributed by atoms with Crippen LogP contribution in [0.3, 0.4) is 0 Å². The fraction of sp³-hybridized carbons (Fsp3) is 0.667. The number of benzene rings is 1. The summed E-state index contributed by atoms with van der Waals surface area (Å²) in [5, 5.41) is 13.3. The summed E-state index contributed by atoms with van der Waals surface area (Å²) in [6, 6.07) is 8.11. The Labute approximate surface area is 144 Å². The van der Waals surface area contributed by atoms with Gasteiger partial charge in [0, 0.05) is 49.9 Å². The van der Waals surface area contributed by atoms with Crippen molar-refractivity contribution in [2.24, 2.45) is 0 Å². The lowest BCUT2D eigenvalue weighted by Gasteiger charge is -2.46. The summed E-state index contributed by atoms with van der Waals surface area (Å²) in [6.07, 6.45) is 4.51. The van der Waals surface area contributed by atoms with Crippen molar-refractivity contribution < 1.29 is 4.65 Å². The van der Waals surface area contributed by atoms with Gasteiger partial charge in [-0.15, -0.1) is 0 Å². The third-order valence-electron chi connectivity index (χ3n) is 5.24. The lowest BCUT2D eigenvalue weighted by atomic mass is 10.1. The molecule has 2 fully saturated rings. The summed E-state index contributed by atoms with van der Waals surface area (Å²) in [5.41, 5.74) is 1.26. The number of likely N-dealkylation sites (tertiary alicyclic amines) is 1. The second kappa shape index (κ2) is 7.84. The van der Waals surface area contributed by atoms with E-state index in [1.165, 1.54) is 12.1 Å². The van der Waals surface area contributed by atoms with Gasteiger partial charge in [-0.1, -0.05) is 11.6 Å². The summed E-state index contributed by atoms with van der Waals surface area (Å²) in [7, 11) is 0. The predicted octanol–water partition coefficient (Wildman–Crippen LogP) is 3.35. The molecule has 2 heterocycles. The molecule has 3 rings (SSSR count). The molecule has 0 aliphatic carbocycles. The molecule has 0 bridgehead atoms. The minimum atomic E-state index is 0.0603. The maximum Gasteiger partial charge on any atom is 0.0796 e. The molecule has 0 radical (unpaired) electrons. The van der Waals surface area contributed by atoms with Gasteiger partial charge in [0.15, 0.2) is 0 Å². The summed E-state index contributed by atoms with van der Waals surface area (Å²) in [4.78, 5) is 4.92. The van der Waals surface area contributed by atoms with Gasteiger partial charge in [-0.2, -0.15) is 0 Å². The first-order valence-electron chi connectivity index (χ1n) is 8.95. The van der Waals surface area contributed by atoms with Gasteiger partial charge in [-0.3, -0.25) is 4.90 Å². The van der Waals surface area contributed by atoms with Gasteiger partial charge in [0.1, 0.15) is 0 Å². The molecule has 5 heteroatoms. The third-order valence-corrected chi connectivity index (χ3v) is 5.49. The first kappa shape index (κ1) is 17.0. The average molecular weight is 338 g/mol. The molecule has 0 saturated carbocycles. The molecule has 0 amide bonds.